The molecule has 1 heterocycles. The number of halogens is 1. The smallest absolute Gasteiger partial charge is 0.263 e. The van der Waals surface area contributed by atoms with Gasteiger partial charge < -0.3 is 5.32 Å². The lowest BCUT2D eigenvalue weighted by atomic mass is 10.1. The van der Waals surface area contributed by atoms with Crippen LogP contribution >= 0.6 is 11.3 Å². The van der Waals surface area contributed by atoms with E-state index in [1.54, 1.807) is 11.4 Å². The number of hydrogen-bond donors (Lipinski definition) is 2. The number of nitrogens with one attached hydrogen (secondary N) is 2. The molecule has 0 aliphatic rings. The molecule has 2 N–H and O–H groups in total. The summed E-state index contributed by atoms with van der Waals surface area (Å²) in [6.45, 7) is 0. The number of carbonyl (C=O) groups is 1. The summed E-state index contributed by atoms with van der Waals surface area (Å²) in [5.74, 6) is -0.732. The van der Waals surface area contributed by atoms with Crippen LogP contribution in [0.25, 0.3) is 0 Å². The molecule has 0 radical (unpaired) electrons. The van der Waals surface area contributed by atoms with Crippen molar-refractivity contribution >= 4 is 38.1 Å². The van der Waals surface area contributed by atoms with Gasteiger partial charge in [0.15, 0.2) is 5.13 Å². The molecule has 0 bridgehead atoms. The lowest BCUT2D eigenvalue weighted by molar-refractivity contribution is -0.115. The maximum Gasteiger partial charge on any atom is 0.263 e. The van der Waals surface area contributed by atoms with Crippen molar-refractivity contribution in [2.75, 3.05) is 10.0 Å². The van der Waals surface area contributed by atoms with Crippen LogP contribution in [0.15, 0.2) is 65.0 Å². The summed E-state index contributed by atoms with van der Waals surface area (Å²) in [5, 5.41) is 4.58. The third kappa shape index (κ3) is 4.64. The van der Waals surface area contributed by atoms with Gasteiger partial charge in [0.2, 0.25) is 5.91 Å². The third-order valence-electron chi connectivity index (χ3n) is 3.36. The fourth-order valence-corrected chi connectivity index (χ4v) is 3.99. The van der Waals surface area contributed by atoms with Crippen LogP contribution in [0.5, 0.6) is 0 Å². The third-order valence-corrected chi connectivity index (χ3v) is 5.53. The molecule has 134 valence electrons. The van der Waals surface area contributed by atoms with Crippen LogP contribution in [0, 0.1) is 5.82 Å². The Labute approximate surface area is 153 Å². The van der Waals surface area contributed by atoms with Gasteiger partial charge in [-0.3, -0.25) is 9.52 Å². The van der Waals surface area contributed by atoms with E-state index in [0.717, 1.165) is 0 Å². The van der Waals surface area contributed by atoms with Crippen LogP contribution in [0.1, 0.15) is 5.56 Å². The number of amides is 1. The molecule has 1 aromatic heterocycles. The number of carbonyl (C=O) groups excluding carboxylic acids is 1. The number of aromatic nitrogens is 1. The fourth-order valence-electron chi connectivity index (χ4n) is 2.20. The first kappa shape index (κ1) is 18.0. The normalized spacial score (nSPS) is 11.1. The lowest BCUT2D eigenvalue weighted by Crippen LogP contribution is -2.15. The minimum absolute atomic E-state index is 0.0173. The average Bonchev–Trinajstić information content (AvgIpc) is 3.07. The summed E-state index contributed by atoms with van der Waals surface area (Å²) < 4.78 is 40.0. The highest BCUT2D eigenvalue weighted by molar-refractivity contribution is 7.93. The number of thiazole rings is 1. The Kier molecular flexibility index (Phi) is 5.29. The minimum Gasteiger partial charge on any atom is -0.326 e. The molecule has 2 aromatic carbocycles. The highest BCUT2D eigenvalue weighted by Gasteiger charge is 2.15. The van der Waals surface area contributed by atoms with E-state index < -0.39 is 15.8 Å². The van der Waals surface area contributed by atoms with Crippen molar-refractivity contribution in [3.8, 4) is 0 Å². The highest BCUT2D eigenvalue weighted by Crippen LogP contribution is 2.19. The molecule has 1 amide bonds. The zero-order chi connectivity index (χ0) is 18.6. The summed E-state index contributed by atoms with van der Waals surface area (Å²) in [6, 6.07) is 11.5. The van der Waals surface area contributed by atoms with E-state index in [0.29, 0.717) is 11.3 Å². The Hall–Kier alpha value is -2.78. The van der Waals surface area contributed by atoms with E-state index in [1.807, 2.05) is 0 Å². The molecule has 0 unspecified atom stereocenters. The molecular weight excluding hydrogens is 377 g/mol. The van der Waals surface area contributed by atoms with Gasteiger partial charge in [-0.2, -0.15) is 0 Å². The zero-order valence-corrected chi connectivity index (χ0v) is 15.0. The number of anilines is 2. The van der Waals surface area contributed by atoms with Gasteiger partial charge in [-0.15, -0.1) is 11.3 Å². The largest absolute Gasteiger partial charge is 0.326 e. The van der Waals surface area contributed by atoms with Crippen molar-refractivity contribution < 1.29 is 17.6 Å². The molecule has 0 atom stereocenters. The van der Waals surface area contributed by atoms with Crippen LogP contribution in [-0.2, 0) is 21.2 Å². The molecule has 0 saturated carbocycles. The summed E-state index contributed by atoms with van der Waals surface area (Å²) in [7, 11) is -3.74. The SMILES string of the molecule is O=C(Cc1cccc(F)c1)Nc1ccc(S(=O)(=O)Nc2nccs2)cc1. The van der Waals surface area contributed by atoms with Crippen LogP contribution in [-0.4, -0.2) is 19.3 Å². The zero-order valence-electron chi connectivity index (χ0n) is 13.3. The monoisotopic (exact) mass is 391 g/mol. The van der Waals surface area contributed by atoms with Gasteiger partial charge in [-0.25, -0.2) is 17.8 Å². The van der Waals surface area contributed by atoms with Crippen molar-refractivity contribution in [3.05, 3.63) is 71.5 Å². The van der Waals surface area contributed by atoms with E-state index in [4.69, 9.17) is 0 Å². The van der Waals surface area contributed by atoms with Crippen LogP contribution in [0.2, 0.25) is 0 Å². The Morgan fingerprint density at radius 2 is 1.92 bits per heavy atom. The summed E-state index contributed by atoms with van der Waals surface area (Å²) in [6.07, 6.45) is 1.52. The molecule has 3 rings (SSSR count). The van der Waals surface area contributed by atoms with Crippen molar-refractivity contribution in [2.24, 2.45) is 0 Å². The van der Waals surface area contributed by atoms with Gasteiger partial charge in [-0.1, -0.05) is 12.1 Å². The van der Waals surface area contributed by atoms with E-state index >= 15 is 0 Å². The van der Waals surface area contributed by atoms with Gasteiger partial charge >= 0.3 is 0 Å². The van der Waals surface area contributed by atoms with Crippen LogP contribution in [0.4, 0.5) is 15.2 Å². The maximum absolute atomic E-state index is 13.1. The minimum atomic E-state index is -3.74. The molecule has 26 heavy (non-hydrogen) atoms. The molecule has 0 aliphatic heterocycles. The number of nitrogens with zero attached hydrogens (tertiary/aromatic N) is 1. The second-order valence-electron chi connectivity index (χ2n) is 5.32. The molecular formula is C17H14FN3O3S2. The van der Waals surface area contributed by atoms with Gasteiger partial charge in [0, 0.05) is 17.3 Å². The van der Waals surface area contributed by atoms with Crippen molar-refractivity contribution in [2.45, 2.75) is 11.3 Å². The first-order valence-corrected chi connectivity index (χ1v) is 9.85. The lowest BCUT2D eigenvalue weighted by Gasteiger charge is -2.08. The van der Waals surface area contributed by atoms with Gasteiger partial charge in [0.25, 0.3) is 10.0 Å². The molecule has 6 nitrogen and oxygen atoms in total. The Bertz CT molecular complexity index is 1000. The average molecular weight is 391 g/mol. The predicted molar refractivity (Wildman–Crippen MR) is 98.1 cm³/mol. The molecule has 0 saturated heterocycles. The van der Waals surface area contributed by atoms with Gasteiger partial charge in [0.05, 0.1) is 11.3 Å². The number of rotatable bonds is 6. The van der Waals surface area contributed by atoms with Crippen molar-refractivity contribution in [1.82, 2.24) is 4.98 Å². The summed E-state index contributed by atoms with van der Waals surface area (Å²) in [5.41, 5.74) is 0.994. The Morgan fingerprint density at radius 3 is 2.58 bits per heavy atom. The van der Waals surface area contributed by atoms with Crippen molar-refractivity contribution in [3.63, 3.8) is 0 Å². The standard InChI is InChI=1S/C17H14FN3O3S2/c18-13-3-1-2-12(10-13)11-16(22)20-14-4-6-15(7-5-14)26(23,24)21-17-19-8-9-25-17/h1-10H,11H2,(H,19,21)(H,20,22). The van der Waals surface area contributed by atoms with E-state index in [-0.39, 0.29) is 22.4 Å². The highest BCUT2D eigenvalue weighted by atomic mass is 32.2. The van der Waals surface area contributed by atoms with E-state index in [2.05, 4.69) is 15.0 Å². The number of benzene rings is 2. The molecule has 0 spiro atoms. The summed E-state index contributed by atoms with van der Waals surface area (Å²) in [4.78, 5) is 15.9. The second kappa shape index (κ2) is 7.63. The molecule has 3 aromatic rings. The second-order valence-corrected chi connectivity index (χ2v) is 7.90. The maximum atomic E-state index is 13.1. The van der Waals surface area contributed by atoms with Gasteiger partial charge in [-0.05, 0) is 42.0 Å². The Morgan fingerprint density at radius 1 is 1.15 bits per heavy atom. The topological polar surface area (TPSA) is 88.2 Å². The molecule has 0 fully saturated rings. The quantitative estimate of drug-likeness (QED) is 0.675. The first-order chi connectivity index (χ1) is 12.4. The van der Waals surface area contributed by atoms with Gasteiger partial charge in [0.1, 0.15) is 5.82 Å². The summed E-state index contributed by atoms with van der Waals surface area (Å²) >= 11 is 1.17. The predicted octanol–water partition coefficient (Wildman–Crippen LogP) is 3.26. The van der Waals surface area contributed by atoms with E-state index in [9.17, 15) is 17.6 Å². The fraction of sp³-hybridized carbons (Fsp3) is 0.0588. The van der Waals surface area contributed by atoms with Crippen LogP contribution < -0.4 is 10.0 Å². The van der Waals surface area contributed by atoms with Crippen molar-refractivity contribution in [1.29, 1.82) is 0 Å². The van der Waals surface area contributed by atoms with Crippen LogP contribution in [0.3, 0.4) is 0 Å². The number of sulfonamides is 1. The number of hydrogen-bond acceptors (Lipinski definition) is 5. The molecule has 9 heteroatoms. The van der Waals surface area contributed by atoms with E-state index in [1.165, 1.54) is 60.0 Å². The molecule has 0 aliphatic carbocycles. The first-order valence-electron chi connectivity index (χ1n) is 7.49. The Balaban J connectivity index is 1.64.